The van der Waals surface area contributed by atoms with Gasteiger partial charge in [0.2, 0.25) is 0 Å². The normalized spacial score (nSPS) is 23.4. The Hall–Kier alpha value is -1.30. The van der Waals surface area contributed by atoms with E-state index in [2.05, 4.69) is 5.32 Å². The minimum absolute atomic E-state index is 0.0516. The highest BCUT2D eigenvalue weighted by molar-refractivity contribution is 5.74. The maximum absolute atomic E-state index is 11.8. The molecule has 0 bridgehead atoms. The molecule has 2 unspecified atom stereocenters. The number of carbonyl (C=O) groups excluding carboxylic acids is 1. The second-order valence-electron chi connectivity index (χ2n) is 4.76. The topological polar surface area (TPSA) is 89.9 Å². The number of hydrogen-bond donors (Lipinski definition) is 3. The first-order valence-electron chi connectivity index (χ1n) is 6.43. The molecule has 0 aromatic rings. The quantitative estimate of drug-likeness (QED) is 0.636. The van der Waals surface area contributed by atoms with Crippen LogP contribution >= 0.6 is 0 Å². The summed E-state index contributed by atoms with van der Waals surface area (Å²) in [5, 5.41) is 21.0. The van der Waals surface area contributed by atoms with Crippen LogP contribution in [0, 0.1) is 0 Å². The van der Waals surface area contributed by atoms with E-state index in [-0.39, 0.29) is 18.5 Å². The van der Waals surface area contributed by atoms with Crippen molar-refractivity contribution in [3.05, 3.63) is 0 Å². The lowest BCUT2D eigenvalue weighted by atomic mass is 9.92. The van der Waals surface area contributed by atoms with Gasteiger partial charge in [0.25, 0.3) is 0 Å². The lowest BCUT2D eigenvalue weighted by Gasteiger charge is -2.35. The summed E-state index contributed by atoms with van der Waals surface area (Å²) in [6.07, 6.45) is 3.61. The Morgan fingerprint density at radius 2 is 2.00 bits per heavy atom. The first kappa shape index (κ1) is 14.8. The summed E-state index contributed by atoms with van der Waals surface area (Å²) >= 11 is 0. The summed E-state index contributed by atoms with van der Waals surface area (Å²) in [4.78, 5) is 23.6. The van der Waals surface area contributed by atoms with Gasteiger partial charge in [-0.1, -0.05) is 12.8 Å². The number of likely N-dealkylation sites (N-methyl/N-ethyl adjacent to an activating group) is 1. The van der Waals surface area contributed by atoms with E-state index in [4.69, 9.17) is 5.11 Å². The van der Waals surface area contributed by atoms with Crippen LogP contribution in [0.15, 0.2) is 0 Å². The third kappa shape index (κ3) is 4.52. The molecule has 0 heterocycles. The zero-order chi connectivity index (χ0) is 13.5. The molecule has 1 aliphatic carbocycles. The molecule has 0 aromatic heterocycles. The average Bonchev–Trinajstić information content (AvgIpc) is 2.34. The Labute approximate surface area is 107 Å². The van der Waals surface area contributed by atoms with Crippen molar-refractivity contribution in [2.75, 3.05) is 13.6 Å². The number of hydrogen-bond acceptors (Lipinski definition) is 3. The van der Waals surface area contributed by atoms with Gasteiger partial charge >= 0.3 is 12.0 Å². The molecule has 18 heavy (non-hydrogen) atoms. The molecule has 104 valence electrons. The number of aliphatic hydroxyl groups excluding tert-OH is 1. The van der Waals surface area contributed by atoms with Crippen molar-refractivity contribution in [3.63, 3.8) is 0 Å². The standard InChI is InChI=1S/C12H22N2O4/c1-14(9-5-2-3-6-10(9)15)12(18)13-8-4-7-11(16)17/h9-10,15H,2-8H2,1H3,(H,13,18)(H,16,17). The molecule has 0 radical (unpaired) electrons. The molecule has 6 nitrogen and oxygen atoms in total. The predicted octanol–water partition coefficient (Wildman–Crippen LogP) is 0.796. The molecule has 2 amide bonds. The fraction of sp³-hybridized carbons (Fsp3) is 0.833. The van der Waals surface area contributed by atoms with Crippen LogP contribution in [0.25, 0.3) is 0 Å². The van der Waals surface area contributed by atoms with Gasteiger partial charge in [-0.3, -0.25) is 4.79 Å². The molecular formula is C12H22N2O4. The van der Waals surface area contributed by atoms with Crippen LogP contribution in [-0.2, 0) is 4.79 Å². The molecule has 0 saturated heterocycles. The monoisotopic (exact) mass is 258 g/mol. The van der Waals surface area contributed by atoms with Gasteiger partial charge in [0, 0.05) is 20.0 Å². The zero-order valence-electron chi connectivity index (χ0n) is 10.8. The summed E-state index contributed by atoms with van der Waals surface area (Å²) in [6.45, 7) is 0.346. The molecule has 6 heteroatoms. The SMILES string of the molecule is CN(C(=O)NCCCC(=O)O)C1CCCCC1O. The van der Waals surface area contributed by atoms with Crippen molar-refractivity contribution in [2.24, 2.45) is 0 Å². The highest BCUT2D eigenvalue weighted by atomic mass is 16.4. The number of carbonyl (C=O) groups is 2. The molecule has 2 atom stereocenters. The van der Waals surface area contributed by atoms with E-state index in [1.54, 1.807) is 7.05 Å². The first-order valence-corrected chi connectivity index (χ1v) is 6.43. The second-order valence-corrected chi connectivity index (χ2v) is 4.76. The molecule has 0 spiro atoms. The van der Waals surface area contributed by atoms with Crippen molar-refractivity contribution >= 4 is 12.0 Å². The van der Waals surface area contributed by atoms with Gasteiger partial charge in [0.05, 0.1) is 12.1 Å². The minimum Gasteiger partial charge on any atom is -0.481 e. The zero-order valence-corrected chi connectivity index (χ0v) is 10.8. The fourth-order valence-corrected chi connectivity index (χ4v) is 2.25. The Bertz CT molecular complexity index is 296. The lowest BCUT2D eigenvalue weighted by Crippen LogP contribution is -2.50. The van der Waals surface area contributed by atoms with Crippen molar-refractivity contribution in [3.8, 4) is 0 Å². The fourth-order valence-electron chi connectivity index (χ4n) is 2.25. The first-order chi connectivity index (χ1) is 8.52. The maximum Gasteiger partial charge on any atom is 0.317 e. The van der Waals surface area contributed by atoms with Crippen molar-refractivity contribution < 1.29 is 19.8 Å². The third-order valence-electron chi connectivity index (χ3n) is 3.36. The van der Waals surface area contributed by atoms with Gasteiger partial charge in [-0.25, -0.2) is 4.79 Å². The van der Waals surface area contributed by atoms with Gasteiger partial charge in [-0.15, -0.1) is 0 Å². The van der Waals surface area contributed by atoms with Gasteiger partial charge in [-0.2, -0.15) is 0 Å². The smallest absolute Gasteiger partial charge is 0.317 e. The average molecular weight is 258 g/mol. The highest BCUT2D eigenvalue weighted by Crippen LogP contribution is 2.22. The minimum atomic E-state index is -0.861. The van der Waals surface area contributed by atoms with E-state index >= 15 is 0 Å². The van der Waals surface area contributed by atoms with E-state index in [0.29, 0.717) is 13.0 Å². The van der Waals surface area contributed by atoms with Crippen LogP contribution < -0.4 is 5.32 Å². The number of carboxylic acid groups (broad SMARTS) is 1. The van der Waals surface area contributed by atoms with Crippen molar-refractivity contribution in [2.45, 2.75) is 50.7 Å². The molecule has 0 aliphatic heterocycles. The van der Waals surface area contributed by atoms with E-state index in [1.807, 2.05) is 0 Å². The summed E-state index contributed by atoms with van der Waals surface area (Å²) < 4.78 is 0. The maximum atomic E-state index is 11.8. The number of nitrogens with zero attached hydrogens (tertiary/aromatic N) is 1. The van der Waals surface area contributed by atoms with E-state index < -0.39 is 12.1 Å². The summed E-state index contributed by atoms with van der Waals surface area (Å²) in [5.41, 5.74) is 0. The number of rotatable bonds is 5. The number of aliphatic hydroxyl groups is 1. The third-order valence-corrected chi connectivity index (χ3v) is 3.36. The largest absolute Gasteiger partial charge is 0.481 e. The molecule has 1 saturated carbocycles. The summed E-state index contributed by atoms with van der Waals surface area (Å²) in [5.74, 6) is -0.861. The molecule has 1 aliphatic rings. The van der Waals surface area contributed by atoms with Crippen LogP contribution in [0.5, 0.6) is 0 Å². The Kier molecular flexibility index (Phi) is 5.91. The van der Waals surface area contributed by atoms with Crippen molar-refractivity contribution in [1.29, 1.82) is 0 Å². The van der Waals surface area contributed by atoms with Crippen LogP contribution in [0.2, 0.25) is 0 Å². The molecule has 1 rings (SSSR count). The van der Waals surface area contributed by atoms with Gasteiger partial charge in [-0.05, 0) is 19.3 Å². The summed E-state index contributed by atoms with van der Waals surface area (Å²) in [7, 11) is 1.67. The second kappa shape index (κ2) is 7.20. The van der Waals surface area contributed by atoms with E-state index in [1.165, 1.54) is 4.90 Å². The Morgan fingerprint density at radius 3 is 2.61 bits per heavy atom. The Balaban J connectivity index is 2.29. The molecule has 0 aromatic carbocycles. The van der Waals surface area contributed by atoms with E-state index in [0.717, 1.165) is 25.7 Å². The van der Waals surface area contributed by atoms with Gasteiger partial charge < -0.3 is 20.4 Å². The van der Waals surface area contributed by atoms with E-state index in [9.17, 15) is 14.7 Å². The number of aliphatic carboxylic acids is 1. The predicted molar refractivity (Wildman–Crippen MR) is 66.3 cm³/mol. The number of urea groups is 1. The van der Waals surface area contributed by atoms with Gasteiger partial charge in [0.1, 0.15) is 0 Å². The molecule has 1 fully saturated rings. The molecular weight excluding hydrogens is 236 g/mol. The number of carboxylic acids is 1. The van der Waals surface area contributed by atoms with Crippen LogP contribution in [-0.4, -0.2) is 52.9 Å². The number of nitrogens with one attached hydrogen (secondary N) is 1. The highest BCUT2D eigenvalue weighted by Gasteiger charge is 2.29. The lowest BCUT2D eigenvalue weighted by molar-refractivity contribution is -0.137. The summed E-state index contributed by atoms with van der Waals surface area (Å²) in [6, 6.07) is -0.371. The van der Waals surface area contributed by atoms with Crippen LogP contribution in [0.3, 0.4) is 0 Å². The van der Waals surface area contributed by atoms with Crippen LogP contribution in [0.4, 0.5) is 4.79 Å². The van der Waals surface area contributed by atoms with Crippen LogP contribution in [0.1, 0.15) is 38.5 Å². The number of amides is 2. The van der Waals surface area contributed by atoms with Crippen molar-refractivity contribution in [1.82, 2.24) is 10.2 Å². The van der Waals surface area contributed by atoms with Gasteiger partial charge in [0.15, 0.2) is 0 Å². The molecule has 3 N–H and O–H groups in total. The Morgan fingerprint density at radius 1 is 1.33 bits per heavy atom.